The van der Waals surface area contributed by atoms with E-state index < -0.39 is 5.56 Å². The van der Waals surface area contributed by atoms with Crippen LogP contribution in [0.2, 0.25) is 0 Å². The lowest BCUT2D eigenvalue weighted by Crippen LogP contribution is -2.21. The van der Waals surface area contributed by atoms with Crippen LogP contribution in [0.5, 0.6) is 5.88 Å². The molecule has 126 valence electrons. The van der Waals surface area contributed by atoms with Crippen molar-refractivity contribution in [1.29, 1.82) is 0 Å². The van der Waals surface area contributed by atoms with Crippen LogP contribution in [-0.2, 0) is 4.79 Å². The average Bonchev–Trinajstić information content (AvgIpc) is 2.61. The summed E-state index contributed by atoms with van der Waals surface area (Å²) >= 11 is 1.08. The van der Waals surface area contributed by atoms with E-state index in [0.717, 1.165) is 17.8 Å². The number of anilines is 1. The van der Waals surface area contributed by atoms with Gasteiger partial charge in [0.15, 0.2) is 5.16 Å². The quantitative estimate of drug-likeness (QED) is 0.544. The second-order valence-corrected chi connectivity index (χ2v) is 6.05. The zero-order valence-corrected chi connectivity index (χ0v) is 13.9. The molecule has 0 spiro atoms. The Bertz CT molecular complexity index is 927. The van der Waals surface area contributed by atoms with Gasteiger partial charge in [0.1, 0.15) is 0 Å². The maximum atomic E-state index is 12.2. The number of carbonyl (C=O) groups excluding carboxylic acids is 1. The molecule has 1 heterocycles. The smallest absolute Gasteiger partial charge is 0.262 e. The van der Waals surface area contributed by atoms with Crippen molar-refractivity contribution in [3.63, 3.8) is 0 Å². The van der Waals surface area contributed by atoms with Gasteiger partial charge in [0, 0.05) is 5.69 Å². The summed E-state index contributed by atoms with van der Waals surface area (Å²) in [6.45, 7) is 0. The summed E-state index contributed by atoms with van der Waals surface area (Å²) in [7, 11) is 0. The van der Waals surface area contributed by atoms with Crippen LogP contribution in [0.15, 0.2) is 76.7 Å². The molecule has 0 radical (unpaired) electrons. The van der Waals surface area contributed by atoms with Crippen molar-refractivity contribution in [2.45, 2.75) is 5.16 Å². The van der Waals surface area contributed by atoms with E-state index in [4.69, 9.17) is 0 Å². The topological polar surface area (TPSA) is 84.2 Å². The molecule has 0 unspecified atom stereocenters. The van der Waals surface area contributed by atoms with Crippen molar-refractivity contribution >= 4 is 23.4 Å². The molecule has 0 saturated carbocycles. The van der Waals surface area contributed by atoms with Gasteiger partial charge in [-0.1, -0.05) is 48.2 Å². The number of aromatic hydroxyl groups is 1. The lowest BCUT2D eigenvalue weighted by molar-refractivity contribution is -0.113. The van der Waals surface area contributed by atoms with Crippen LogP contribution in [0.1, 0.15) is 0 Å². The Kier molecular flexibility index (Phi) is 5.15. The summed E-state index contributed by atoms with van der Waals surface area (Å²) in [5, 5.41) is 12.6. The molecule has 7 heteroatoms. The number of amides is 1. The number of carbonyl (C=O) groups is 1. The van der Waals surface area contributed by atoms with Gasteiger partial charge in [-0.05, 0) is 24.3 Å². The molecule has 0 fully saturated rings. The van der Waals surface area contributed by atoms with Gasteiger partial charge in [-0.15, -0.1) is 0 Å². The maximum Gasteiger partial charge on any atom is 0.262 e. The third-order valence-corrected chi connectivity index (χ3v) is 4.22. The average molecular weight is 353 g/mol. The first-order chi connectivity index (χ1) is 12.1. The molecule has 6 nitrogen and oxygen atoms in total. The molecule has 0 aliphatic heterocycles. The van der Waals surface area contributed by atoms with Crippen LogP contribution in [-0.4, -0.2) is 26.3 Å². The summed E-state index contributed by atoms with van der Waals surface area (Å²) in [5.41, 5.74) is 0.896. The standard InChI is InChI=1S/C18H15N3O3S/c22-15-11-17(24)21(14-9-5-2-6-10-14)18(20-15)25-12-16(23)19-13-7-3-1-4-8-13/h1-11,22H,12H2,(H,19,23). The fraction of sp³-hybridized carbons (Fsp3) is 0.0556. The summed E-state index contributed by atoms with van der Waals surface area (Å²) in [6, 6.07) is 19.1. The number of benzene rings is 2. The first-order valence-electron chi connectivity index (χ1n) is 7.49. The predicted molar refractivity (Wildman–Crippen MR) is 97.3 cm³/mol. The van der Waals surface area contributed by atoms with Crippen molar-refractivity contribution in [2.75, 3.05) is 11.1 Å². The molecule has 3 aromatic rings. The Labute approximate surface area is 148 Å². The summed E-state index contributed by atoms with van der Waals surface area (Å²) in [5.74, 6) is -0.547. The van der Waals surface area contributed by atoms with Gasteiger partial charge < -0.3 is 10.4 Å². The minimum Gasteiger partial charge on any atom is -0.493 e. The Morgan fingerprint density at radius 2 is 1.72 bits per heavy atom. The second kappa shape index (κ2) is 7.67. The summed E-state index contributed by atoms with van der Waals surface area (Å²) in [4.78, 5) is 28.3. The minimum absolute atomic E-state index is 0.0532. The molecule has 2 N–H and O–H groups in total. The highest BCUT2D eigenvalue weighted by Crippen LogP contribution is 2.20. The highest BCUT2D eigenvalue weighted by atomic mass is 32.2. The van der Waals surface area contributed by atoms with E-state index in [1.807, 2.05) is 24.3 Å². The highest BCUT2D eigenvalue weighted by molar-refractivity contribution is 7.99. The number of thioether (sulfide) groups is 1. The van der Waals surface area contributed by atoms with Crippen molar-refractivity contribution in [3.05, 3.63) is 77.1 Å². The number of hydrogen-bond donors (Lipinski definition) is 2. The molecule has 0 atom stereocenters. The number of hydrogen-bond acceptors (Lipinski definition) is 5. The van der Waals surface area contributed by atoms with E-state index in [2.05, 4.69) is 10.3 Å². The lowest BCUT2D eigenvalue weighted by atomic mass is 10.3. The Hall–Kier alpha value is -3.06. The van der Waals surface area contributed by atoms with Gasteiger partial charge in [0.05, 0.1) is 17.5 Å². The van der Waals surface area contributed by atoms with Gasteiger partial charge >= 0.3 is 0 Å². The van der Waals surface area contributed by atoms with Crippen LogP contribution >= 0.6 is 11.8 Å². The van der Waals surface area contributed by atoms with Crippen molar-refractivity contribution in [1.82, 2.24) is 9.55 Å². The van der Waals surface area contributed by atoms with E-state index in [-0.39, 0.29) is 22.7 Å². The molecule has 0 bridgehead atoms. The molecule has 0 aliphatic rings. The molecule has 0 saturated heterocycles. The first kappa shape index (κ1) is 16.8. The fourth-order valence-electron chi connectivity index (χ4n) is 2.21. The molecule has 25 heavy (non-hydrogen) atoms. The van der Waals surface area contributed by atoms with Crippen molar-refractivity contribution in [2.24, 2.45) is 0 Å². The Balaban J connectivity index is 1.80. The third-order valence-electron chi connectivity index (χ3n) is 3.28. The van der Waals surface area contributed by atoms with Crippen LogP contribution in [0, 0.1) is 0 Å². The van der Waals surface area contributed by atoms with Crippen LogP contribution in [0.3, 0.4) is 0 Å². The number of nitrogens with zero attached hydrogens (tertiary/aromatic N) is 2. The van der Waals surface area contributed by atoms with Crippen molar-refractivity contribution < 1.29 is 9.90 Å². The predicted octanol–water partition coefficient (Wildman–Crippen LogP) is 2.67. The summed E-state index contributed by atoms with van der Waals surface area (Å²) < 4.78 is 1.36. The van der Waals surface area contributed by atoms with Gasteiger partial charge in [0.2, 0.25) is 11.8 Å². The van der Waals surface area contributed by atoms with Gasteiger partial charge in [-0.3, -0.25) is 14.2 Å². The number of aromatic nitrogens is 2. The second-order valence-electron chi connectivity index (χ2n) is 5.11. The van der Waals surface area contributed by atoms with Gasteiger partial charge in [-0.25, -0.2) is 0 Å². The molecular weight excluding hydrogens is 338 g/mol. The number of nitrogens with one attached hydrogen (secondary N) is 1. The highest BCUT2D eigenvalue weighted by Gasteiger charge is 2.13. The Morgan fingerprint density at radius 1 is 1.08 bits per heavy atom. The van der Waals surface area contributed by atoms with E-state index in [9.17, 15) is 14.7 Å². The first-order valence-corrected chi connectivity index (χ1v) is 8.48. The molecule has 1 amide bonds. The zero-order chi connectivity index (χ0) is 17.6. The molecular formula is C18H15N3O3S. The largest absolute Gasteiger partial charge is 0.493 e. The monoisotopic (exact) mass is 353 g/mol. The summed E-state index contributed by atoms with van der Waals surface area (Å²) in [6.07, 6.45) is 0. The van der Waals surface area contributed by atoms with Crippen LogP contribution < -0.4 is 10.9 Å². The zero-order valence-electron chi connectivity index (χ0n) is 13.1. The molecule has 1 aromatic heterocycles. The van der Waals surface area contributed by atoms with Gasteiger partial charge in [0.25, 0.3) is 5.56 Å². The van der Waals surface area contributed by atoms with E-state index in [0.29, 0.717) is 11.4 Å². The molecule has 3 rings (SSSR count). The van der Waals surface area contributed by atoms with Crippen LogP contribution in [0.4, 0.5) is 5.69 Å². The van der Waals surface area contributed by atoms with Gasteiger partial charge in [-0.2, -0.15) is 4.98 Å². The Morgan fingerprint density at radius 3 is 2.40 bits per heavy atom. The minimum atomic E-state index is -0.412. The molecule has 0 aliphatic carbocycles. The normalized spacial score (nSPS) is 10.4. The fourth-order valence-corrected chi connectivity index (χ4v) is 3.02. The SMILES string of the molecule is O=C(CSc1nc(O)cc(=O)n1-c1ccccc1)Nc1ccccc1. The number of rotatable bonds is 5. The lowest BCUT2D eigenvalue weighted by Gasteiger charge is -2.11. The van der Waals surface area contributed by atoms with E-state index >= 15 is 0 Å². The molecule has 2 aromatic carbocycles. The maximum absolute atomic E-state index is 12.2. The number of para-hydroxylation sites is 2. The van der Waals surface area contributed by atoms with Crippen LogP contribution in [0.25, 0.3) is 5.69 Å². The third kappa shape index (κ3) is 4.27. The van der Waals surface area contributed by atoms with E-state index in [1.54, 1.807) is 36.4 Å². The van der Waals surface area contributed by atoms with Crippen molar-refractivity contribution in [3.8, 4) is 11.6 Å². The van der Waals surface area contributed by atoms with E-state index in [1.165, 1.54) is 4.57 Å².